The van der Waals surface area contributed by atoms with Gasteiger partial charge in [0.1, 0.15) is 11.3 Å². The Bertz CT molecular complexity index is 1530. The summed E-state index contributed by atoms with van der Waals surface area (Å²) in [4.78, 5) is 26.1. The predicted molar refractivity (Wildman–Crippen MR) is 160 cm³/mol. The second-order valence-corrected chi connectivity index (χ2v) is 11.9. The summed E-state index contributed by atoms with van der Waals surface area (Å²) >= 11 is 0. The van der Waals surface area contributed by atoms with Crippen molar-refractivity contribution in [3.05, 3.63) is 84.1 Å². The number of pyridine rings is 1. The molecule has 0 fully saturated rings. The van der Waals surface area contributed by atoms with Crippen LogP contribution < -0.4 is 5.32 Å². The number of anilines is 1. The van der Waals surface area contributed by atoms with Gasteiger partial charge in [-0.05, 0) is 54.5 Å². The summed E-state index contributed by atoms with van der Waals surface area (Å²) in [7, 11) is -3.54. The Morgan fingerprint density at radius 1 is 0.950 bits per heavy atom. The number of hydrogen-bond donors (Lipinski definition) is 1. The van der Waals surface area contributed by atoms with E-state index in [0.717, 1.165) is 37.5 Å². The van der Waals surface area contributed by atoms with Gasteiger partial charge in [-0.25, -0.2) is 9.97 Å². The van der Waals surface area contributed by atoms with Gasteiger partial charge >= 0.3 is 0 Å². The van der Waals surface area contributed by atoms with E-state index in [0.29, 0.717) is 40.6 Å². The van der Waals surface area contributed by atoms with E-state index in [4.69, 9.17) is 4.18 Å². The first-order valence-corrected chi connectivity index (χ1v) is 15.5. The number of aromatic nitrogens is 3. The Balaban J connectivity index is 0.00000462. The summed E-state index contributed by atoms with van der Waals surface area (Å²) in [5, 5.41) is 2.88. The summed E-state index contributed by atoms with van der Waals surface area (Å²) in [5.74, 6) is 1.02. The summed E-state index contributed by atoms with van der Waals surface area (Å²) in [6.45, 7) is 2.23. The maximum atomic E-state index is 12.5. The molecular weight excluding hydrogens is 524 g/mol. The zero-order valence-electron chi connectivity index (χ0n) is 23.0. The van der Waals surface area contributed by atoms with E-state index in [1.807, 2.05) is 12.1 Å². The first-order chi connectivity index (χ1) is 19.2. The van der Waals surface area contributed by atoms with Crippen molar-refractivity contribution in [3.63, 3.8) is 0 Å². The molecule has 0 saturated heterocycles. The number of carbonyl (C=O) groups is 1. The van der Waals surface area contributed by atoms with Crippen LogP contribution in [0.2, 0.25) is 0 Å². The number of unbranched alkanes of at least 4 members (excludes halogenated alkanes) is 1. The van der Waals surface area contributed by atoms with E-state index in [-0.39, 0.29) is 13.9 Å². The van der Waals surface area contributed by atoms with Gasteiger partial charge in [0.25, 0.3) is 10.1 Å². The van der Waals surface area contributed by atoms with Gasteiger partial charge in [-0.1, -0.05) is 74.7 Å². The number of amides is 1. The van der Waals surface area contributed by atoms with Crippen LogP contribution in [0.3, 0.4) is 0 Å². The number of nitrogens with one attached hydrogen (secondary N) is 1. The molecule has 4 aromatic rings. The van der Waals surface area contributed by atoms with Crippen molar-refractivity contribution in [1.82, 2.24) is 15.0 Å². The molecular formula is C31H38N4O4S. The van der Waals surface area contributed by atoms with Crippen LogP contribution in [0.25, 0.3) is 22.4 Å². The lowest BCUT2D eigenvalue weighted by Gasteiger charge is -2.11. The second kappa shape index (κ2) is 14.1. The largest absolute Gasteiger partial charge is 0.311 e. The number of carbonyl (C=O) groups excluding carboxylic acids is 1. The quantitative estimate of drug-likeness (QED) is 0.137. The highest BCUT2D eigenvalue weighted by molar-refractivity contribution is 7.85. The molecule has 4 rings (SSSR count). The lowest BCUT2D eigenvalue weighted by Crippen LogP contribution is -2.12. The monoisotopic (exact) mass is 562 g/mol. The van der Waals surface area contributed by atoms with Crippen LogP contribution in [0.4, 0.5) is 5.82 Å². The van der Waals surface area contributed by atoms with Crippen LogP contribution in [0.15, 0.2) is 72.9 Å². The molecule has 0 bridgehead atoms. The molecule has 0 radical (unpaired) electrons. The van der Waals surface area contributed by atoms with E-state index < -0.39 is 10.1 Å². The third-order valence-corrected chi connectivity index (χ3v) is 7.24. The molecule has 1 amide bonds. The lowest BCUT2D eigenvalue weighted by atomic mass is 9.96. The van der Waals surface area contributed by atoms with Crippen LogP contribution in [-0.4, -0.2) is 35.5 Å². The minimum atomic E-state index is -3.54. The molecule has 8 nitrogen and oxygen atoms in total. The topological polar surface area (TPSA) is 111 Å². The van der Waals surface area contributed by atoms with Crippen LogP contribution in [0.5, 0.6) is 0 Å². The third-order valence-electron chi connectivity index (χ3n) is 6.69. The summed E-state index contributed by atoms with van der Waals surface area (Å²) < 4.78 is 27.5. The smallest absolute Gasteiger partial charge is 0.264 e. The summed E-state index contributed by atoms with van der Waals surface area (Å²) in [6, 6.07) is 21.3. The molecule has 0 spiro atoms. The van der Waals surface area contributed by atoms with Crippen molar-refractivity contribution in [2.24, 2.45) is 5.92 Å². The van der Waals surface area contributed by atoms with Gasteiger partial charge in [0.05, 0.1) is 24.8 Å². The van der Waals surface area contributed by atoms with Gasteiger partial charge in [0.15, 0.2) is 5.65 Å². The Morgan fingerprint density at radius 2 is 1.73 bits per heavy atom. The van der Waals surface area contributed by atoms with E-state index >= 15 is 0 Å². The normalized spacial score (nSPS) is 12.3. The fraction of sp³-hybridized carbons (Fsp3) is 0.355. The van der Waals surface area contributed by atoms with Gasteiger partial charge in [0, 0.05) is 13.4 Å². The summed E-state index contributed by atoms with van der Waals surface area (Å²) in [5.41, 5.74) is 4.46. The first-order valence-electron chi connectivity index (χ1n) is 13.7. The van der Waals surface area contributed by atoms with Crippen LogP contribution in [0, 0.1) is 5.92 Å². The second-order valence-electron chi connectivity index (χ2n) is 10.2. The van der Waals surface area contributed by atoms with Crippen molar-refractivity contribution in [3.8, 4) is 11.3 Å². The molecule has 1 N–H and O–H groups in total. The van der Waals surface area contributed by atoms with Crippen LogP contribution >= 0.6 is 0 Å². The number of rotatable bonds is 14. The van der Waals surface area contributed by atoms with Crippen molar-refractivity contribution in [1.29, 1.82) is 0 Å². The maximum absolute atomic E-state index is 12.5. The highest BCUT2D eigenvalue weighted by atomic mass is 32.2. The van der Waals surface area contributed by atoms with Crippen LogP contribution in [0.1, 0.15) is 58.0 Å². The first kappa shape index (κ1) is 29.3. The highest BCUT2D eigenvalue weighted by Gasteiger charge is 2.10. The molecule has 0 saturated carbocycles. The highest BCUT2D eigenvalue weighted by Crippen LogP contribution is 2.22. The Hall–Kier alpha value is -3.69. The minimum absolute atomic E-state index is 0. The number of fused-ring (bicyclic) bond motifs is 1. The Labute approximate surface area is 237 Å². The summed E-state index contributed by atoms with van der Waals surface area (Å²) in [6.07, 6.45) is 9.59. The molecule has 9 heteroatoms. The van der Waals surface area contributed by atoms with Gasteiger partial charge in [0.2, 0.25) is 5.91 Å². The lowest BCUT2D eigenvalue weighted by molar-refractivity contribution is -0.116. The van der Waals surface area contributed by atoms with Crippen molar-refractivity contribution in [2.75, 3.05) is 11.6 Å². The average Bonchev–Trinajstić information content (AvgIpc) is 2.94. The maximum Gasteiger partial charge on any atom is 0.264 e. The predicted octanol–water partition coefficient (Wildman–Crippen LogP) is 6.57. The van der Waals surface area contributed by atoms with Gasteiger partial charge < -0.3 is 5.32 Å². The molecule has 2 aromatic carbocycles. The average molecular weight is 563 g/mol. The van der Waals surface area contributed by atoms with E-state index in [1.165, 1.54) is 18.4 Å². The fourth-order valence-corrected chi connectivity index (χ4v) is 4.88. The molecule has 2 heterocycles. The molecule has 1 atom stereocenters. The van der Waals surface area contributed by atoms with Gasteiger partial charge in [-0.3, -0.25) is 14.0 Å². The molecule has 0 unspecified atom stereocenters. The fourth-order valence-electron chi connectivity index (χ4n) is 4.53. The number of aryl methyl sites for hydroxylation is 1. The molecule has 0 aliphatic rings. The zero-order valence-corrected chi connectivity index (χ0v) is 23.9. The number of hydrogen-bond acceptors (Lipinski definition) is 7. The Morgan fingerprint density at radius 3 is 2.52 bits per heavy atom. The van der Waals surface area contributed by atoms with Crippen molar-refractivity contribution in [2.45, 2.75) is 58.5 Å². The third kappa shape index (κ3) is 9.50. The van der Waals surface area contributed by atoms with Gasteiger partial charge in [-0.2, -0.15) is 8.42 Å². The Kier molecular flexibility index (Phi) is 10.3. The van der Waals surface area contributed by atoms with Crippen molar-refractivity contribution >= 4 is 33.0 Å². The van der Waals surface area contributed by atoms with E-state index in [9.17, 15) is 13.2 Å². The molecule has 0 aliphatic carbocycles. The minimum Gasteiger partial charge on any atom is -0.311 e. The number of benzene rings is 2. The SMILES string of the molecule is C[C@@H](CCCCC(=O)Nc1ccc2ncc(-c3cccc(COS(C)(=O)=O)c3)nc2n1)CCCc1ccccc1.[HH]. The molecule has 40 heavy (non-hydrogen) atoms. The zero-order chi connectivity index (χ0) is 28.4. The van der Waals surface area contributed by atoms with E-state index in [1.54, 1.807) is 36.5 Å². The van der Waals surface area contributed by atoms with Crippen LogP contribution in [-0.2, 0) is 32.1 Å². The van der Waals surface area contributed by atoms with E-state index in [2.05, 4.69) is 51.5 Å². The number of nitrogens with zero attached hydrogens (tertiary/aromatic N) is 3. The molecule has 2 aromatic heterocycles. The van der Waals surface area contributed by atoms with Gasteiger partial charge in [-0.15, -0.1) is 0 Å². The molecule has 0 aliphatic heterocycles. The standard InChI is InChI=1S/C31H36N4O4S.H2/c1-23(11-8-14-24-12-4-3-5-13-24)10-6-7-17-30(36)34-29-19-18-27-31(35-29)33-28(21-32-27)26-16-9-15-25(20-26)22-39-40(2,37)38;/h3-5,9,12-13,15-16,18-21,23H,6-8,10-11,14,17,22H2,1-2H3,(H,33,34,35,36);1H/t23-;/m0./s1. The van der Waals surface area contributed by atoms with Crippen molar-refractivity contribution < 1.29 is 18.8 Å². The molecule has 212 valence electrons.